The van der Waals surface area contributed by atoms with Crippen molar-refractivity contribution in [3.63, 3.8) is 0 Å². The fourth-order valence-electron chi connectivity index (χ4n) is 8.56. The molecule has 10 aromatic rings. The summed E-state index contributed by atoms with van der Waals surface area (Å²) in [6, 6.07) is 60.3. The second-order valence-electron chi connectivity index (χ2n) is 13.6. The van der Waals surface area contributed by atoms with Crippen LogP contribution < -0.4 is 0 Å². The van der Waals surface area contributed by atoms with E-state index >= 15 is 0 Å². The van der Waals surface area contributed by atoms with Gasteiger partial charge in [-0.05, 0) is 90.2 Å². The molecule has 0 aliphatic heterocycles. The van der Waals surface area contributed by atoms with E-state index in [1.807, 2.05) is 11.3 Å². The van der Waals surface area contributed by atoms with Gasteiger partial charge in [0.05, 0.1) is 16.6 Å². The van der Waals surface area contributed by atoms with Crippen LogP contribution in [-0.4, -0.2) is 9.13 Å². The van der Waals surface area contributed by atoms with Gasteiger partial charge in [-0.15, -0.1) is 11.3 Å². The molecule has 7 aromatic carbocycles. The van der Waals surface area contributed by atoms with Crippen LogP contribution in [0.4, 0.5) is 0 Å². The number of fused-ring (bicyclic) bond motifs is 9. The molecule has 3 heterocycles. The van der Waals surface area contributed by atoms with E-state index in [9.17, 15) is 0 Å². The number of benzene rings is 7. The number of thiophene rings is 1. The molecular formula is C48H32N2S. The molecule has 0 unspecified atom stereocenters. The lowest BCUT2D eigenvalue weighted by Gasteiger charge is -2.18. The van der Waals surface area contributed by atoms with E-state index < -0.39 is 0 Å². The lowest BCUT2D eigenvalue weighted by molar-refractivity contribution is 0.898. The Morgan fingerprint density at radius 3 is 1.92 bits per heavy atom. The van der Waals surface area contributed by atoms with Crippen LogP contribution in [0.1, 0.15) is 23.2 Å². The summed E-state index contributed by atoms with van der Waals surface area (Å²) in [6.45, 7) is 0. The smallest absolute Gasteiger partial charge is 0.0619 e. The van der Waals surface area contributed by atoms with Crippen LogP contribution in [0.3, 0.4) is 0 Å². The Morgan fingerprint density at radius 2 is 1.08 bits per heavy atom. The minimum atomic E-state index is 1.01. The van der Waals surface area contributed by atoms with Crippen molar-refractivity contribution >= 4 is 75.9 Å². The van der Waals surface area contributed by atoms with Gasteiger partial charge in [0.25, 0.3) is 0 Å². The van der Waals surface area contributed by atoms with E-state index in [2.05, 4.69) is 179 Å². The highest BCUT2D eigenvalue weighted by molar-refractivity contribution is 7.25. The minimum Gasteiger partial charge on any atom is -0.313 e. The summed E-state index contributed by atoms with van der Waals surface area (Å²) in [7, 11) is 0. The van der Waals surface area contributed by atoms with E-state index in [0.29, 0.717) is 0 Å². The molecule has 0 atom stereocenters. The van der Waals surface area contributed by atoms with Crippen molar-refractivity contribution in [2.75, 3.05) is 0 Å². The predicted octanol–water partition coefficient (Wildman–Crippen LogP) is 13.2. The molecule has 3 aromatic heterocycles. The van der Waals surface area contributed by atoms with Crippen molar-refractivity contribution in [2.24, 2.45) is 0 Å². The molecule has 0 amide bonds. The Hall–Kier alpha value is -6.16. The molecule has 51 heavy (non-hydrogen) atoms. The van der Waals surface area contributed by atoms with E-state index in [0.717, 1.165) is 12.8 Å². The Kier molecular flexibility index (Phi) is 6.28. The molecule has 3 heteroatoms. The lowest BCUT2D eigenvalue weighted by Crippen LogP contribution is -2.05. The van der Waals surface area contributed by atoms with Gasteiger partial charge in [-0.25, -0.2) is 0 Å². The summed E-state index contributed by atoms with van der Waals surface area (Å²) in [6.07, 6.45) is 4.46. The maximum absolute atomic E-state index is 2.47. The number of hydrogen-bond acceptors (Lipinski definition) is 1. The Labute approximate surface area is 299 Å². The number of rotatable bonds is 4. The Bertz CT molecular complexity index is 3010. The predicted molar refractivity (Wildman–Crippen MR) is 219 cm³/mol. The highest BCUT2D eigenvalue weighted by Crippen LogP contribution is 2.42. The number of nitrogens with zero attached hydrogens (tertiary/aromatic N) is 2. The van der Waals surface area contributed by atoms with Gasteiger partial charge in [0.15, 0.2) is 0 Å². The van der Waals surface area contributed by atoms with Gasteiger partial charge in [-0.1, -0.05) is 109 Å². The van der Waals surface area contributed by atoms with Crippen molar-refractivity contribution in [3.05, 3.63) is 181 Å². The highest BCUT2D eigenvalue weighted by atomic mass is 32.1. The first-order valence-corrected chi connectivity index (χ1v) is 18.5. The molecule has 0 saturated heterocycles. The zero-order chi connectivity index (χ0) is 33.5. The van der Waals surface area contributed by atoms with Gasteiger partial charge in [-0.3, -0.25) is 0 Å². The molecule has 0 radical (unpaired) electrons. The van der Waals surface area contributed by atoms with Crippen LogP contribution in [-0.2, 0) is 6.42 Å². The van der Waals surface area contributed by atoms with Crippen LogP contribution in [0.15, 0.2) is 164 Å². The molecule has 0 spiro atoms. The number of hydrogen-bond donors (Lipinski definition) is 0. The molecule has 0 N–H and O–H groups in total. The van der Waals surface area contributed by atoms with Crippen molar-refractivity contribution in [2.45, 2.75) is 12.8 Å². The van der Waals surface area contributed by atoms with Gasteiger partial charge in [0.2, 0.25) is 0 Å². The van der Waals surface area contributed by atoms with Crippen molar-refractivity contribution in [1.82, 2.24) is 9.13 Å². The second-order valence-corrected chi connectivity index (χ2v) is 14.7. The van der Waals surface area contributed by atoms with Crippen molar-refractivity contribution < 1.29 is 0 Å². The summed E-state index contributed by atoms with van der Waals surface area (Å²) < 4.78 is 7.60. The third-order valence-corrected chi connectivity index (χ3v) is 12.0. The third-order valence-electron chi connectivity index (χ3n) is 10.9. The summed E-state index contributed by atoms with van der Waals surface area (Å²) in [5.74, 6) is 0. The standard InChI is InChI=1S/C48H32N2S/c1-2-11-34(12-3-1)49-43-18-7-5-14-38(43)41-29-32(23-27-45(41)49)31-21-25-35(26-22-31)50-44-19-8-4-13-37(44)40-17-10-16-36(48(40)50)33-24-28-47-42(30-33)39-15-6-9-20-46(39)51-47/h1-22,24-26,28-30H,23,27H2. The molecule has 11 rings (SSSR count). The first-order chi connectivity index (χ1) is 25.3. The summed E-state index contributed by atoms with van der Waals surface area (Å²) in [4.78, 5) is 0. The third kappa shape index (κ3) is 4.35. The number of para-hydroxylation sites is 4. The first kappa shape index (κ1) is 28.7. The summed E-state index contributed by atoms with van der Waals surface area (Å²) >= 11 is 1.87. The second kappa shape index (κ2) is 11.2. The SMILES string of the molecule is C1=C(c2ccc(-n3c4ccccc4c4cccc(-c5ccc6sc7ccccc7c6c5)c43)cc2)CCc2c1c1ccccc1n2-c1ccccc1. The van der Waals surface area contributed by atoms with Crippen LogP contribution in [0, 0.1) is 0 Å². The average molecular weight is 669 g/mol. The van der Waals surface area contributed by atoms with Crippen molar-refractivity contribution in [3.8, 4) is 22.5 Å². The molecule has 1 aliphatic carbocycles. The van der Waals surface area contributed by atoms with Gasteiger partial charge in [0.1, 0.15) is 0 Å². The zero-order valence-electron chi connectivity index (χ0n) is 27.9. The number of aromatic nitrogens is 2. The summed E-state index contributed by atoms with van der Waals surface area (Å²) in [5.41, 5.74) is 14.1. The van der Waals surface area contributed by atoms with Crippen LogP contribution >= 0.6 is 11.3 Å². The van der Waals surface area contributed by atoms with E-state index in [-0.39, 0.29) is 0 Å². The Morgan fingerprint density at radius 1 is 0.431 bits per heavy atom. The van der Waals surface area contributed by atoms with Gasteiger partial charge in [0, 0.05) is 64.5 Å². The monoisotopic (exact) mass is 668 g/mol. The number of allylic oxidation sites excluding steroid dienone is 1. The molecule has 0 fully saturated rings. The highest BCUT2D eigenvalue weighted by Gasteiger charge is 2.22. The molecule has 0 saturated carbocycles. The first-order valence-electron chi connectivity index (χ1n) is 17.7. The van der Waals surface area contributed by atoms with Crippen LogP contribution in [0.5, 0.6) is 0 Å². The maximum atomic E-state index is 2.47. The maximum Gasteiger partial charge on any atom is 0.0619 e. The van der Waals surface area contributed by atoms with Crippen LogP contribution in [0.2, 0.25) is 0 Å². The van der Waals surface area contributed by atoms with E-state index in [4.69, 9.17) is 0 Å². The lowest BCUT2D eigenvalue weighted by atomic mass is 9.91. The molecule has 2 nitrogen and oxygen atoms in total. The topological polar surface area (TPSA) is 9.86 Å². The van der Waals surface area contributed by atoms with Gasteiger partial charge in [-0.2, -0.15) is 0 Å². The Balaban J connectivity index is 1.05. The zero-order valence-corrected chi connectivity index (χ0v) is 28.7. The van der Waals surface area contributed by atoms with Gasteiger partial charge < -0.3 is 9.13 Å². The normalized spacial score (nSPS) is 13.1. The molecule has 1 aliphatic rings. The van der Waals surface area contributed by atoms with E-state index in [1.54, 1.807) is 0 Å². The fourth-order valence-corrected chi connectivity index (χ4v) is 9.65. The van der Waals surface area contributed by atoms with Crippen molar-refractivity contribution in [1.29, 1.82) is 0 Å². The molecule has 240 valence electrons. The minimum absolute atomic E-state index is 1.01. The summed E-state index contributed by atoms with van der Waals surface area (Å²) in [5, 5.41) is 6.53. The quantitative estimate of drug-likeness (QED) is 0.177. The molecular weight excluding hydrogens is 637 g/mol. The molecule has 0 bridgehead atoms. The van der Waals surface area contributed by atoms with Crippen LogP contribution in [0.25, 0.3) is 87.0 Å². The fraction of sp³-hybridized carbons (Fsp3) is 0.0417. The average Bonchev–Trinajstić information content (AvgIpc) is 3.85. The largest absolute Gasteiger partial charge is 0.313 e. The van der Waals surface area contributed by atoms with Gasteiger partial charge >= 0.3 is 0 Å². The van der Waals surface area contributed by atoms with E-state index in [1.165, 1.54) is 97.8 Å².